The number of aromatic nitrogens is 1. The van der Waals surface area contributed by atoms with Gasteiger partial charge in [0.05, 0.1) is 6.20 Å². The molecular formula is C13H11BrFNO. The lowest BCUT2D eigenvalue weighted by Crippen LogP contribution is -1.92. The highest BCUT2D eigenvalue weighted by molar-refractivity contribution is 9.10. The van der Waals surface area contributed by atoms with Crippen LogP contribution in [0.5, 0.6) is 11.5 Å². The summed E-state index contributed by atoms with van der Waals surface area (Å²) in [5, 5.41) is 0. The van der Waals surface area contributed by atoms with Crippen molar-refractivity contribution in [1.29, 1.82) is 0 Å². The van der Waals surface area contributed by atoms with E-state index in [9.17, 15) is 4.39 Å². The van der Waals surface area contributed by atoms with Gasteiger partial charge in [-0.05, 0) is 47.4 Å². The fourth-order valence-electron chi connectivity index (χ4n) is 1.29. The zero-order valence-corrected chi connectivity index (χ0v) is 10.6. The summed E-state index contributed by atoms with van der Waals surface area (Å²) in [6.45, 7) is -0.539. The van der Waals surface area contributed by atoms with Gasteiger partial charge in [0.1, 0.15) is 5.75 Å². The average Bonchev–Trinajstić information content (AvgIpc) is 2.36. The van der Waals surface area contributed by atoms with Crippen LogP contribution in [-0.4, -0.2) is 4.98 Å². The standard InChI is InChI=1S/C13H11BrFNO/c1-8-3-4-12(11(15)5-8)17-13-7-16-6-10(14)9(13)2/h3-7H,1-2H3/i1D3. The van der Waals surface area contributed by atoms with Crippen molar-refractivity contribution in [3.63, 3.8) is 0 Å². The summed E-state index contributed by atoms with van der Waals surface area (Å²) in [6, 6.07) is 3.59. The predicted molar refractivity (Wildman–Crippen MR) is 67.9 cm³/mol. The lowest BCUT2D eigenvalue weighted by molar-refractivity contribution is 0.437. The van der Waals surface area contributed by atoms with Crippen LogP contribution in [0, 0.1) is 19.6 Å². The normalized spacial score (nSPS) is 13.7. The molecule has 1 aromatic heterocycles. The van der Waals surface area contributed by atoms with Crippen LogP contribution in [-0.2, 0) is 0 Å². The number of halogens is 2. The van der Waals surface area contributed by atoms with Crippen molar-refractivity contribution in [2.24, 2.45) is 0 Å². The van der Waals surface area contributed by atoms with Gasteiger partial charge in [0.15, 0.2) is 11.6 Å². The van der Waals surface area contributed by atoms with Gasteiger partial charge in [-0.15, -0.1) is 0 Å². The van der Waals surface area contributed by atoms with Gasteiger partial charge in [-0.25, -0.2) is 4.39 Å². The van der Waals surface area contributed by atoms with E-state index in [2.05, 4.69) is 20.9 Å². The smallest absolute Gasteiger partial charge is 0.165 e. The van der Waals surface area contributed by atoms with Crippen molar-refractivity contribution in [1.82, 2.24) is 4.98 Å². The maximum absolute atomic E-state index is 13.9. The number of rotatable bonds is 2. The maximum Gasteiger partial charge on any atom is 0.165 e. The summed E-state index contributed by atoms with van der Waals surface area (Å²) in [5.74, 6) is -0.362. The van der Waals surface area contributed by atoms with E-state index in [-0.39, 0.29) is 11.3 Å². The molecule has 0 fully saturated rings. The van der Waals surface area contributed by atoms with Crippen molar-refractivity contribution < 1.29 is 13.2 Å². The first-order valence-electron chi connectivity index (χ1n) is 6.37. The molecule has 0 unspecified atom stereocenters. The summed E-state index contributed by atoms with van der Waals surface area (Å²) >= 11 is 3.30. The maximum atomic E-state index is 13.9. The molecule has 0 saturated carbocycles. The molecule has 0 aliphatic carbocycles. The average molecular weight is 299 g/mol. The molecule has 0 N–H and O–H groups in total. The zero-order valence-electron chi connectivity index (χ0n) is 12.0. The van der Waals surface area contributed by atoms with Crippen LogP contribution in [0.15, 0.2) is 35.1 Å². The summed E-state index contributed by atoms with van der Waals surface area (Å²) in [7, 11) is 0. The fourth-order valence-corrected chi connectivity index (χ4v) is 1.60. The van der Waals surface area contributed by atoms with Crippen molar-refractivity contribution in [2.75, 3.05) is 0 Å². The van der Waals surface area contributed by atoms with E-state index in [1.54, 1.807) is 13.1 Å². The first-order valence-corrected chi connectivity index (χ1v) is 5.66. The Hall–Kier alpha value is -1.42. The second kappa shape index (κ2) is 4.84. The lowest BCUT2D eigenvalue weighted by Gasteiger charge is -2.10. The molecule has 0 aliphatic rings. The summed E-state index contributed by atoms with van der Waals surface area (Å²) < 4.78 is 41.8. The third-order valence-electron chi connectivity index (χ3n) is 2.26. The van der Waals surface area contributed by atoms with Gasteiger partial charge in [0.2, 0.25) is 0 Å². The highest BCUT2D eigenvalue weighted by Gasteiger charge is 2.08. The zero-order chi connectivity index (χ0) is 14.9. The van der Waals surface area contributed by atoms with Gasteiger partial charge in [0, 0.05) is 20.3 Å². The number of aryl methyl sites for hydroxylation is 1. The Bertz CT molecular complexity index is 646. The molecule has 0 bridgehead atoms. The van der Waals surface area contributed by atoms with Gasteiger partial charge in [-0.2, -0.15) is 0 Å². The van der Waals surface area contributed by atoms with Gasteiger partial charge >= 0.3 is 0 Å². The van der Waals surface area contributed by atoms with Crippen LogP contribution < -0.4 is 4.74 Å². The lowest BCUT2D eigenvalue weighted by atomic mass is 10.2. The van der Waals surface area contributed by atoms with E-state index >= 15 is 0 Å². The van der Waals surface area contributed by atoms with E-state index in [4.69, 9.17) is 8.85 Å². The third-order valence-corrected chi connectivity index (χ3v) is 3.06. The van der Waals surface area contributed by atoms with Crippen molar-refractivity contribution >= 4 is 15.9 Å². The SMILES string of the molecule is [2H]C([2H])([2H])c1ccc(Oc2cncc(Br)c2C)c(F)c1. The molecule has 0 spiro atoms. The molecule has 0 atom stereocenters. The van der Waals surface area contributed by atoms with Gasteiger partial charge in [-0.3, -0.25) is 4.98 Å². The summed E-state index contributed by atoms with van der Waals surface area (Å²) in [6.07, 6.45) is 3.08. The van der Waals surface area contributed by atoms with Crippen LogP contribution in [0.4, 0.5) is 4.39 Å². The minimum Gasteiger partial charge on any atom is -0.452 e. The molecule has 0 amide bonds. The molecule has 2 aromatic rings. The Balaban J connectivity index is 2.33. The monoisotopic (exact) mass is 298 g/mol. The van der Waals surface area contributed by atoms with E-state index < -0.39 is 12.7 Å². The van der Waals surface area contributed by atoms with Gasteiger partial charge < -0.3 is 4.74 Å². The van der Waals surface area contributed by atoms with Crippen LogP contribution in [0.3, 0.4) is 0 Å². The van der Waals surface area contributed by atoms with Crippen LogP contribution in [0.1, 0.15) is 15.2 Å². The van der Waals surface area contributed by atoms with Gasteiger partial charge in [0.25, 0.3) is 0 Å². The molecular weight excluding hydrogens is 285 g/mol. The van der Waals surface area contributed by atoms with Crippen molar-refractivity contribution in [2.45, 2.75) is 13.8 Å². The minimum atomic E-state index is -2.34. The number of nitrogens with zero attached hydrogens (tertiary/aromatic N) is 1. The molecule has 4 heteroatoms. The summed E-state index contributed by atoms with van der Waals surface area (Å²) in [5.41, 5.74) is 0.714. The molecule has 1 aromatic carbocycles. The molecule has 2 nitrogen and oxygen atoms in total. The Morgan fingerprint density at radius 3 is 2.88 bits per heavy atom. The van der Waals surface area contributed by atoms with Crippen LogP contribution >= 0.6 is 15.9 Å². The number of hydrogen-bond donors (Lipinski definition) is 0. The van der Waals surface area contributed by atoms with Crippen molar-refractivity contribution in [3.05, 3.63) is 52.0 Å². The minimum absolute atomic E-state index is 0.0407. The summed E-state index contributed by atoms with van der Waals surface area (Å²) in [4.78, 5) is 3.94. The van der Waals surface area contributed by atoms with Crippen LogP contribution in [0.2, 0.25) is 0 Å². The predicted octanol–water partition coefficient (Wildman–Crippen LogP) is 4.39. The topological polar surface area (TPSA) is 22.1 Å². The molecule has 17 heavy (non-hydrogen) atoms. The first kappa shape index (κ1) is 8.64. The first-order chi connectivity index (χ1) is 9.29. The Morgan fingerprint density at radius 1 is 1.35 bits per heavy atom. The number of benzene rings is 1. The van der Waals surface area contributed by atoms with Crippen LogP contribution in [0.25, 0.3) is 0 Å². The van der Waals surface area contributed by atoms with E-state index in [0.717, 1.165) is 16.1 Å². The van der Waals surface area contributed by atoms with Crippen molar-refractivity contribution in [3.8, 4) is 11.5 Å². The molecule has 88 valence electrons. The van der Waals surface area contributed by atoms with Gasteiger partial charge in [-0.1, -0.05) is 6.07 Å². The molecule has 1 heterocycles. The van der Waals surface area contributed by atoms with E-state index in [0.29, 0.717) is 5.75 Å². The van der Waals surface area contributed by atoms with E-state index in [1.807, 2.05) is 0 Å². The second-order valence-corrected chi connectivity index (χ2v) is 4.35. The molecule has 0 saturated heterocycles. The molecule has 0 aliphatic heterocycles. The van der Waals surface area contributed by atoms with E-state index in [1.165, 1.54) is 18.3 Å². The quantitative estimate of drug-likeness (QED) is 0.820. The Morgan fingerprint density at radius 2 is 2.18 bits per heavy atom. The Labute approximate surface area is 112 Å². The number of pyridine rings is 1. The molecule has 2 rings (SSSR count). The molecule has 0 radical (unpaired) electrons. The fraction of sp³-hybridized carbons (Fsp3) is 0.154. The highest BCUT2D eigenvalue weighted by Crippen LogP contribution is 2.30. The second-order valence-electron chi connectivity index (χ2n) is 3.49. The third kappa shape index (κ3) is 2.64. The number of ether oxygens (including phenoxy) is 1. The Kier molecular flexibility index (Phi) is 2.46. The highest BCUT2D eigenvalue weighted by atomic mass is 79.9. The number of hydrogen-bond acceptors (Lipinski definition) is 2. The largest absolute Gasteiger partial charge is 0.452 e.